The van der Waals surface area contributed by atoms with E-state index < -0.39 is 0 Å². The fraction of sp³-hybridized carbons (Fsp3) is 0.350. The normalized spacial score (nSPS) is 17.2. The molecular weight excluding hydrogens is 342 g/mol. The number of piperidine rings is 1. The van der Waals surface area contributed by atoms with Crippen LogP contribution >= 0.6 is 0 Å². The van der Waals surface area contributed by atoms with Gasteiger partial charge in [0.1, 0.15) is 12.9 Å². The van der Waals surface area contributed by atoms with Crippen LogP contribution in [-0.2, 0) is 11.3 Å². The Morgan fingerprint density at radius 1 is 1.22 bits per heavy atom. The summed E-state index contributed by atoms with van der Waals surface area (Å²) in [7, 11) is 0. The lowest BCUT2D eigenvalue weighted by molar-refractivity contribution is -0.133. The van der Waals surface area contributed by atoms with Gasteiger partial charge in [0.05, 0.1) is 11.1 Å². The monoisotopic (exact) mass is 363 g/mol. The van der Waals surface area contributed by atoms with Crippen LogP contribution in [-0.4, -0.2) is 43.6 Å². The second-order valence-electron chi connectivity index (χ2n) is 6.91. The van der Waals surface area contributed by atoms with Crippen LogP contribution in [0.4, 0.5) is 0 Å². The van der Waals surface area contributed by atoms with Crippen molar-refractivity contribution in [1.29, 1.82) is 0 Å². The Labute approximate surface area is 156 Å². The molecule has 1 amide bonds. The highest BCUT2D eigenvalue weighted by Gasteiger charge is 2.26. The first-order valence-corrected chi connectivity index (χ1v) is 9.13. The summed E-state index contributed by atoms with van der Waals surface area (Å²) in [5, 5.41) is 5.77. The van der Waals surface area contributed by atoms with Crippen LogP contribution < -0.4 is 5.56 Å². The number of amides is 1. The predicted molar refractivity (Wildman–Crippen MR) is 101 cm³/mol. The molecule has 27 heavy (non-hydrogen) atoms. The quantitative estimate of drug-likeness (QED) is 0.710. The van der Waals surface area contributed by atoms with Crippen molar-refractivity contribution in [3.8, 4) is 0 Å². The van der Waals surface area contributed by atoms with Crippen molar-refractivity contribution in [2.75, 3.05) is 13.1 Å². The van der Waals surface area contributed by atoms with Gasteiger partial charge >= 0.3 is 0 Å². The largest absolute Gasteiger partial charge is 0.340 e. The fourth-order valence-corrected chi connectivity index (χ4v) is 3.73. The van der Waals surface area contributed by atoms with Crippen molar-refractivity contribution in [3.63, 3.8) is 0 Å². The number of benzene rings is 1. The average molecular weight is 363 g/mol. The van der Waals surface area contributed by atoms with Crippen molar-refractivity contribution in [2.24, 2.45) is 0 Å². The van der Waals surface area contributed by atoms with Gasteiger partial charge < -0.3 is 4.90 Å². The number of nitrogens with zero attached hydrogens (tertiary/aromatic N) is 5. The first kappa shape index (κ1) is 17.3. The van der Waals surface area contributed by atoms with Gasteiger partial charge in [0.2, 0.25) is 5.91 Å². The summed E-state index contributed by atoms with van der Waals surface area (Å²) in [5.74, 6) is 0.117. The smallest absolute Gasteiger partial charge is 0.275 e. The standard InChI is InChI=1S/C20H21N5O2/c1-14-16-6-2-3-7-17(16)20(27)25(23-14)12-19(26)24-10-4-5-15(11-24)18-8-9-21-13-22-18/h2-3,6-9,13,15H,4-5,10-12H2,1H3. The molecule has 3 heterocycles. The molecule has 1 fully saturated rings. The molecule has 1 atom stereocenters. The molecule has 4 rings (SSSR count). The van der Waals surface area contributed by atoms with Crippen LogP contribution in [0, 0.1) is 6.92 Å². The molecule has 0 N–H and O–H groups in total. The van der Waals surface area contributed by atoms with E-state index in [1.54, 1.807) is 12.3 Å². The van der Waals surface area contributed by atoms with Crippen LogP contribution in [0.25, 0.3) is 10.8 Å². The summed E-state index contributed by atoms with van der Waals surface area (Å²) in [5.41, 5.74) is 1.48. The molecule has 1 aliphatic rings. The minimum atomic E-state index is -0.228. The molecule has 0 aliphatic carbocycles. The molecule has 1 unspecified atom stereocenters. The van der Waals surface area contributed by atoms with Crippen molar-refractivity contribution < 1.29 is 4.79 Å². The molecule has 0 radical (unpaired) electrons. The summed E-state index contributed by atoms with van der Waals surface area (Å²) < 4.78 is 1.29. The van der Waals surface area contributed by atoms with Crippen LogP contribution in [0.2, 0.25) is 0 Å². The van der Waals surface area contributed by atoms with Gasteiger partial charge in [-0.15, -0.1) is 0 Å². The third-order valence-corrected chi connectivity index (χ3v) is 5.13. The third kappa shape index (κ3) is 3.45. The number of hydrogen-bond donors (Lipinski definition) is 0. The molecule has 0 saturated carbocycles. The lowest BCUT2D eigenvalue weighted by Gasteiger charge is -2.32. The van der Waals surface area contributed by atoms with E-state index in [9.17, 15) is 9.59 Å². The van der Waals surface area contributed by atoms with E-state index in [1.165, 1.54) is 11.0 Å². The second kappa shape index (κ2) is 7.26. The van der Waals surface area contributed by atoms with Gasteiger partial charge in [0, 0.05) is 36.3 Å². The maximum atomic E-state index is 12.8. The van der Waals surface area contributed by atoms with E-state index in [2.05, 4.69) is 15.1 Å². The third-order valence-electron chi connectivity index (χ3n) is 5.13. The topological polar surface area (TPSA) is 81.0 Å². The number of rotatable bonds is 3. The minimum absolute atomic E-state index is 0.0407. The number of carbonyl (C=O) groups is 1. The molecule has 138 valence electrons. The Hall–Kier alpha value is -3.09. The van der Waals surface area contributed by atoms with Gasteiger partial charge in [-0.1, -0.05) is 18.2 Å². The molecule has 1 saturated heterocycles. The molecule has 7 heteroatoms. The van der Waals surface area contributed by atoms with Gasteiger partial charge in [-0.3, -0.25) is 9.59 Å². The Morgan fingerprint density at radius 3 is 2.81 bits per heavy atom. The summed E-state index contributed by atoms with van der Waals surface area (Å²) in [6.07, 6.45) is 5.18. The first-order chi connectivity index (χ1) is 13.1. The van der Waals surface area contributed by atoms with Gasteiger partial charge in [0.25, 0.3) is 5.56 Å². The number of fused-ring (bicyclic) bond motifs is 1. The van der Waals surface area contributed by atoms with Crippen LogP contribution in [0.3, 0.4) is 0 Å². The van der Waals surface area contributed by atoms with Gasteiger partial charge in [-0.05, 0) is 31.9 Å². The Morgan fingerprint density at radius 2 is 2.04 bits per heavy atom. The molecule has 1 aliphatic heterocycles. The van der Waals surface area contributed by atoms with Crippen molar-refractivity contribution in [3.05, 3.63) is 64.6 Å². The highest BCUT2D eigenvalue weighted by Crippen LogP contribution is 2.25. The van der Waals surface area contributed by atoms with E-state index in [0.717, 1.165) is 29.6 Å². The Bertz CT molecular complexity index is 1030. The van der Waals surface area contributed by atoms with E-state index in [1.807, 2.05) is 36.1 Å². The van der Waals surface area contributed by atoms with Crippen LogP contribution in [0.15, 0.2) is 47.7 Å². The maximum absolute atomic E-state index is 12.8. The Balaban J connectivity index is 1.55. The van der Waals surface area contributed by atoms with E-state index in [-0.39, 0.29) is 23.9 Å². The first-order valence-electron chi connectivity index (χ1n) is 9.13. The van der Waals surface area contributed by atoms with Crippen molar-refractivity contribution in [1.82, 2.24) is 24.6 Å². The number of aromatic nitrogens is 4. The average Bonchev–Trinajstić information content (AvgIpc) is 2.72. The number of hydrogen-bond acceptors (Lipinski definition) is 5. The summed E-state index contributed by atoms with van der Waals surface area (Å²) >= 11 is 0. The van der Waals surface area contributed by atoms with Gasteiger partial charge in [-0.2, -0.15) is 5.10 Å². The minimum Gasteiger partial charge on any atom is -0.340 e. The van der Waals surface area contributed by atoms with Crippen LogP contribution in [0.1, 0.15) is 30.1 Å². The van der Waals surface area contributed by atoms with E-state index in [0.29, 0.717) is 18.5 Å². The molecule has 0 spiro atoms. The fourth-order valence-electron chi connectivity index (χ4n) is 3.73. The number of aryl methyl sites for hydroxylation is 1. The van der Waals surface area contributed by atoms with Gasteiger partial charge in [-0.25, -0.2) is 14.6 Å². The van der Waals surface area contributed by atoms with Crippen molar-refractivity contribution in [2.45, 2.75) is 32.2 Å². The second-order valence-corrected chi connectivity index (χ2v) is 6.91. The molecule has 2 aromatic heterocycles. The summed E-state index contributed by atoms with van der Waals surface area (Å²) in [4.78, 5) is 35.6. The van der Waals surface area contributed by atoms with E-state index >= 15 is 0 Å². The molecule has 3 aromatic rings. The molecule has 1 aromatic carbocycles. The number of carbonyl (C=O) groups excluding carboxylic acids is 1. The highest BCUT2D eigenvalue weighted by molar-refractivity contribution is 5.83. The summed E-state index contributed by atoms with van der Waals surface area (Å²) in [6.45, 7) is 3.12. The lowest BCUT2D eigenvalue weighted by Crippen LogP contribution is -2.42. The zero-order chi connectivity index (χ0) is 18.8. The van der Waals surface area contributed by atoms with E-state index in [4.69, 9.17) is 0 Å². The predicted octanol–water partition coefficient (Wildman–Crippen LogP) is 1.90. The zero-order valence-corrected chi connectivity index (χ0v) is 15.2. The number of likely N-dealkylation sites (tertiary alicyclic amines) is 1. The molecular formula is C20H21N5O2. The maximum Gasteiger partial charge on any atom is 0.275 e. The van der Waals surface area contributed by atoms with Crippen LogP contribution in [0.5, 0.6) is 0 Å². The van der Waals surface area contributed by atoms with Crippen molar-refractivity contribution >= 4 is 16.7 Å². The Kier molecular flexibility index (Phi) is 4.66. The lowest BCUT2D eigenvalue weighted by atomic mass is 9.94. The van der Waals surface area contributed by atoms with Gasteiger partial charge in [0.15, 0.2) is 0 Å². The highest BCUT2D eigenvalue weighted by atomic mass is 16.2. The SMILES string of the molecule is Cc1nn(CC(=O)N2CCCC(c3ccncn3)C2)c(=O)c2ccccc12. The molecule has 7 nitrogen and oxygen atoms in total. The summed E-state index contributed by atoms with van der Waals surface area (Å²) in [6, 6.07) is 9.26. The zero-order valence-electron chi connectivity index (χ0n) is 15.2. The molecule has 0 bridgehead atoms.